The number of fused-ring (bicyclic) bond motifs is 1. The van der Waals surface area contributed by atoms with Crippen molar-refractivity contribution in [2.45, 2.75) is 50.0 Å². The largest absolute Gasteiger partial charge is 0.308 e. The summed E-state index contributed by atoms with van der Waals surface area (Å²) in [5.41, 5.74) is 2.44. The number of sulfonamides is 1. The monoisotopic (exact) mass is 476 g/mol. The SMILES string of the molecule is CC1CCCCN1S(=O)(=O)c1cccc(C(=O)N2CCCc3cc(Br)ccc32)c1. The van der Waals surface area contributed by atoms with Gasteiger partial charge < -0.3 is 4.90 Å². The fraction of sp³-hybridized carbons (Fsp3) is 0.409. The lowest BCUT2D eigenvalue weighted by molar-refractivity contribution is 0.0985. The number of rotatable bonds is 3. The van der Waals surface area contributed by atoms with Gasteiger partial charge in [0.1, 0.15) is 0 Å². The molecule has 0 aromatic heterocycles. The zero-order chi connectivity index (χ0) is 20.6. The van der Waals surface area contributed by atoms with Crippen LogP contribution in [0.25, 0.3) is 0 Å². The molecular formula is C22H25BrN2O3S. The third kappa shape index (κ3) is 4.00. The lowest BCUT2D eigenvalue weighted by Crippen LogP contribution is -2.42. The Kier molecular flexibility index (Phi) is 5.82. The number of aryl methyl sites for hydroxylation is 1. The first kappa shape index (κ1) is 20.6. The van der Waals surface area contributed by atoms with E-state index in [-0.39, 0.29) is 16.8 Å². The van der Waals surface area contributed by atoms with Gasteiger partial charge in [0, 0.05) is 34.9 Å². The van der Waals surface area contributed by atoms with Crippen LogP contribution in [0.15, 0.2) is 51.8 Å². The first-order valence-corrected chi connectivity index (χ1v) is 12.3. The number of nitrogens with zero attached hydrogens (tertiary/aromatic N) is 2. The number of piperidine rings is 1. The summed E-state index contributed by atoms with van der Waals surface area (Å²) in [7, 11) is -3.61. The molecule has 2 aliphatic rings. The first-order chi connectivity index (χ1) is 13.9. The molecule has 0 radical (unpaired) electrons. The second-order valence-corrected chi connectivity index (χ2v) is 10.6. The average molecular weight is 477 g/mol. The summed E-state index contributed by atoms with van der Waals surface area (Å²) < 4.78 is 28.9. The Morgan fingerprint density at radius 2 is 1.90 bits per heavy atom. The van der Waals surface area contributed by atoms with Crippen molar-refractivity contribution in [3.63, 3.8) is 0 Å². The van der Waals surface area contributed by atoms with E-state index in [1.165, 1.54) is 6.07 Å². The van der Waals surface area contributed by atoms with Crippen molar-refractivity contribution < 1.29 is 13.2 Å². The molecule has 29 heavy (non-hydrogen) atoms. The van der Waals surface area contributed by atoms with Gasteiger partial charge in [0.15, 0.2) is 0 Å². The van der Waals surface area contributed by atoms with E-state index in [4.69, 9.17) is 0 Å². The minimum absolute atomic E-state index is 0.0134. The van der Waals surface area contributed by atoms with Crippen molar-refractivity contribution in [1.82, 2.24) is 4.31 Å². The maximum atomic E-state index is 13.3. The van der Waals surface area contributed by atoms with Crippen LogP contribution < -0.4 is 4.90 Å². The molecule has 2 aromatic carbocycles. The Balaban J connectivity index is 1.65. The Bertz CT molecular complexity index is 1040. The van der Waals surface area contributed by atoms with Crippen LogP contribution in [0.2, 0.25) is 0 Å². The van der Waals surface area contributed by atoms with E-state index in [1.54, 1.807) is 27.4 Å². The summed E-state index contributed by atoms with van der Waals surface area (Å²) in [6.07, 6.45) is 4.62. The second kappa shape index (κ2) is 8.20. The Labute approximate surface area is 180 Å². The van der Waals surface area contributed by atoms with Crippen LogP contribution in [0, 0.1) is 0 Å². The van der Waals surface area contributed by atoms with Crippen molar-refractivity contribution in [3.8, 4) is 0 Å². The maximum Gasteiger partial charge on any atom is 0.258 e. The highest BCUT2D eigenvalue weighted by Gasteiger charge is 2.32. The van der Waals surface area contributed by atoms with Crippen LogP contribution in [0.1, 0.15) is 48.5 Å². The van der Waals surface area contributed by atoms with Crippen LogP contribution in [0.4, 0.5) is 5.69 Å². The van der Waals surface area contributed by atoms with E-state index in [0.29, 0.717) is 18.7 Å². The molecule has 0 spiro atoms. The quantitative estimate of drug-likeness (QED) is 0.649. The molecule has 1 atom stereocenters. The number of carbonyl (C=O) groups is 1. The van der Waals surface area contributed by atoms with E-state index < -0.39 is 10.0 Å². The number of hydrogen-bond donors (Lipinski definition) is 0. The summed E-state index contributed by atoms with van der Waals surface area (Å²) in [6.45, 7) is 3.12. The Morgan fingerprint density at radius 1 is 1.07 bits per heavy atom. The summed E-state index contributed by atoms with van der Waals surface area (Å²) >= 11 is 3.49. The molecule has 0 saturated carbocycles. The molecule has 154 valence electrons. The summed E-state index contributed by atoms with van der Waals surface area (Å²) in [6, 6.07) is 12.4. The fourth-order valence-corrected chi connectivity index (χ4v) is 6.44. The van der Waals surface area contributed by atoms with Gasteiger partial charge in [-0.3, -0.25) is 4.79 Å². The first-order valence-electron chi connectivity index (χ1n) is 10.1. The minimum Gasteiger partial charge on any atom is -0.308 e. The Hall–Kier alpha value is -1.70. The molecule has 5 nitrogen and oxygen atoms in total. The summed E-state index contributed by atoms with van der Waals surface area (Å²) in [4.78, 5) is 15.2. The Morgan fingerprint density at radius 3 is 2.69 bits per heavy atom. The van der Waals surface area contributed by atoms with Crippen LogP contribution in [0.5, 0.6) is 0 Å². The molecular weight excluding hydrogens is 452 g/mol. The van der Waals surface area contributed by atoms with Gasteiger partial charge in [0.05, 0.1) is 4.90 Å². The van der Waals surface area contributed by atoms with Crippen molar-refractivity contribution in [2.75, 3.05) is 18.0 Å². The van der Waals surface area contributed by atoms with E-state index >= 15 is 0 Å². The number of halogens is 1. The third-order valence-corrected chi connectivity index (χ3v) is 8.34. The van der Waals surface area contributed by atoms with E-state index in [0.717, 1.165) is 47.8 Å². The molecule has 2 heterocycles. The maximum absolute atomic E-state index is 13.3. The van der Waals surface area contributed by atoms with Gasteiger partial charge in [0.25, 0.3) is 5.91 Å². The number of hydrogen-bond acceptors (Lipinski definition) is 3. The van der Waals surface area contributed by atoms with Gasteiger partial charge in [-0.05, 0) is 74.6 Å². The van der Waals surface area contributed by atoms with Crippen molar-refractivity contribution in [3.05, 3.63) is 58.1 Å². The lowest BCUT2D eigenvalue weighted by Gasteiger charge is -2.32. The molecule has 0 aliphatic carbocycles. The fourth-order valence-electron chi connectivity index (χ4n) is 4.29. The zero-order valence-electron chi connectivity index (χ0n) is 16.5. The number of carbonyl (C=O) groups excluding carboxylic acids is 1. The van der Waals surface area contributed by atoms with E-state index in [9.17, 15) is 13.2 Å². The standard InChI is InChI=1S/C22H25BrN2O3S/c1-16-6-2-3-13-25(16)29(27,28)20-9-4-7-18(15-20)22(26)24-12-5-8-17-14-19(23)10-11-21(17)24/h4,7,9-11,14-16H,2-3,5-6,8,12-13H2,1H3. The van der Waals surface area contributed by atoms with Gasteiger partial charge in [-0.2, -0.15) is 4.31 Å². The second-order valence-electron chi connectivity index (χ2n) is 7.82. The van der Waals surface area contributed by atoms with Gasteiger partial charge in [-0.25, -0.2) is 8.42 Å². The van der Waals surface area contributed by atoms with Crippen molar-refractivity contribution >= 4 is 37.5 Å². The number of anilines is 1. The highest BCUT2D eigenvalue weighted by atomic mass is 79.9. The molecule has 1 fully saturated rings. The van der Waals surface area contributed by atoms with Gasteiger partial charge >= 0.3 is 0 Å². The smallest absolute Gasteiger partial charge is 0.258 e. The van der Waals surface area contributed by atoms with Crippen LogP contribution in [-0.2, 0) is 16.4 Å². The average Bonchev–Trinajstić information content (AvgIpc) is 2.73. The molecule has 0 N–H and O–H groups in total. The molecule has 7 heteroatoms. The molecule has 1 unspecified atom stereocenters. The molecule has 4 rings (SSSR count). The van der Waals surface area contributed by atoms with Crippen molar-refractivity contribution in [2.24, 2.45) is 0 Å². The minimum atomic E-state index is -3.61. The van der Waals surface area contributed by atoms with Crippen LogP contribution in [-0.4, -0.2) is 37.8 Å². The number of amides is 1. The van der Waals surface area contributed by atoms with Gasteiger partial charge in [0.2, 0.25) is 10.0 Å². The normalized spacial score (nSPS) is 20.3. The van der Waals surface area contributed by atoms with Crippen LogP contribution in [0.3, 0.4) is 0 Å². The highest BCUT2D eigenvalue weighted by Crippen LogP contribution is 2.31. The van der Waals surface area contributed by atoms with Gasteiger partial charge in [-0.1, -0.05) is 28.4 Å². The lowest BCUT2D eigenvalue weighted by atomic mass is 10.0. The van der Waals surface area contributed by atoms with E-state index in [2.05, 4.69) is 15.9 Å². The predicted molar refractivity (Wildman–Crippen MR) is 118 cm³/mol. The number of benzene rings is 2. The highest BCUT2D eigenvalue weighted by molar-refractivity contribution is 9.10. The van der Waals surface area contributed by atoms with E-state index in [1.807, 2.05) is 25.1 Å². The van der Waals surface area contributed by atoms with Crippen molar-refractivity contribution in [1.29, 1.82) is 0 Å². The molecule has 2 aromatic rings. The summed E-state index contributed by atoms with van der Waals surface area (Å²) in [5.74, 6) is -0.156. The molecule has 2 aliphatic heterocycles. The molecule has 0 bridgehead atoms. The third-order valence-electron chi connectivity index (χ3n) is 5.83. The molecule has 1 amide bonds. The predicted octanol–water partition coefficient (Wildman–Crippen LogP) is 4.61. The topological polar surface area (TPSA) is 57.7 Å². The van der Waals surface area contributed by atoms with Gasteiger partial charge in [-0.15, -0.1) is 0 Å². The molecule has 1 saturated heterocycles. The van der Waals surface area contributed by atoms with Crippen LogP contribution >= 0.6 is 15.9 Å². The zero-order valence-corrected chi connectivity index (χ0v) is 18.9. The summed E-state index contributed by atoms with van der Waals surface area (Å²) in [5, 5.41) is 0.